The number of rotatable bonds is 6. The smallest absolute Gasteiger partial charge is 0.475 e. The second-order valence-electron chi connectivity index (χ2n) is 10.4. The Morgan fingerprint density at radius 1 is 0.979 bits per heavy atom. The van der Waals surface area contributed by atoms with E-state index in [1.54, 1.807) is 6.20 Å². The Labute approximate surface area is 260 Å². The van der Waals surface area contributed by atoms with E-state index in [4.69, 9.17) is 39.0 Å². The maximum atomic E-state index is 10.6. The number of alkyl halides is 9. The van der Waals surface area contributed by atoms with Gasteiger partial charge in [-0.25, -0.2) is 14.4 Å². The lowest BCUT2D eigenvalue weighted by atomic mass is 9.75. The number of aliphatic carboxylic acids is 3. The van der Waals surface area contributed by atoms with Crippen LogP contribution >= 0.6 is 0 Å². The van der Waals surface area contributed by atoms with Gasteiger partial charge in [-0.2, -0.15) is 39.5 Å². The first-order chi connectivity index (χ1) is 21.5. The van der Waals surface area contributed by atoms with E-state index in [9.17, 15) is 39.5 Å². The maximum Gasteiger partial charge on any atom is 0.490 e. The maximum absolute atomic E-state index is 10.6. The minimum atomic E-state index is -5.08. The second-order valence-corrected chi connectivity index (χ2v) is 10.4. The number of carboxylic acid groups (broad SMARTS) is 3. The molecule has 0 amide bonds. The zero-order chi connectivity index (χ0) is 36.2. The van der Waals surface area contributed by atoms with Gasteiger partial charge in [0.25, 0.3) is 0 Å². The molecule has 21 heteroatoms. The lowest BCUT2D eigenvalue weighted by Gasteiger charge is -2.58. The zero-order valence-corrected chi connectivity index (χ0v) is 24.7. The predicted molar refractivity (Wildman–Crippen MR) is 140 cm³/mol. The van der Waals surface area contributed by atoms with E-state index in [0.717, 1.165) is 49.8 Å². The van der Waals surface area contributed by atoms with Crippen molar-refractivity contribution in [1.82, 2.24) is 19.9 Å². The van der Waals surface area contributed by atoms with Gasteiger partial charge < -0.3 is 24.6 Å². The predicted octanol–water partition coefficient (Wildman–Crippen LogP) is 4.39. The van der Waals surface area contributed by atoms with Crippen molar-refractivity contribution in [3.8, 4) is 0 Å². The van der Waals surface area contributed by atoms with Crippen LogP contribution in [-0.2, 0) is 32.3 Å². The van der Waals surface area contributed by atoms with Crippen molar-refractivity contribution in [3.63, 3.8) is 0 Å². The van der Waals surface area contributed by atoms with Gasteiger partial charge >= 0.3 is 36.4 Å². The molecule has 0 aromatic carbocycles. The van der Waals surface area contributed by atoms with Crippen molar-refractivity contribution in [2.45, 2.75) is 57.0 Å². The highest BCUT2D eigenvalue weighted by Crippen LogP contribution is 2.39. The van der Waals surface area contributed by atoms with Gasteiger partial charge in [0.1, 0.15) is 5.76 Å². The number of halogens is 9. The van der Waals surface area contributed by atoms with E-state index in [-0.39, 0.29) is 0 Å². The largest absolute Gasteiger partial charge is 0.490 e. The van der Waals surface area contributed by atoms with Gasteiger partial charge in [-0.3, -0.25) is 14.8 Å². The van der Waals surface area contributed by atoms with E-state index < -0.39 is 36.4 Å². The molecule has 1 atom stereocenters. The molecule has 0 aliphatic carbocycles. The highest BCUT2D eigenvalue weighted by molar-refractivity contribution is 5.73. The van der Waals surface area contributed by atoms with Crippen LogP contribution < -0.4 is 0 Å². The van der Waals surface area contributed by atoms with Crippen LogP contribution in [0.5, 0.6) is 0 Å². The molecule has 47 heavy (non-hydrogen) atoms. The summed E-state index contributed by atoms with van der Waals surface area (Å²) in [5, 5.41) is 25.5. The number of likely N-dealkylation sites (N-methyl/N-ethyl adjacent to an activating group) is 1. The number of aryl methyl sites for hydroxylation is 1. The monoisotopic (exact) mass is 698 g/mol. The fraction of sp³-hybridized carbons (Fsp3) is 0.577. The van der Waals surface area contributed by atoms with Gasteiger partial charge in [-0.15, -0.1) is 0 Å². The van der Waals surface area contributed by atoms with Crippen molar-refractivity contribution >= 4 is 17.9 Å². The molecule has 2 aromatic heterocycles. The molecule has 2 saturated heterocycles. The molecule has 2 aliphatic heterocycles. The topological polar surface area (TPSA) is 167 Å². The van der Waals surface area contributed by atoms with Crippen molar-refractivity contribution in [1.29, 1.82) is 0 Å². The molecular weight excluding hydrogens is 667 g/mol. The lowest BCUT2D eigenvalue weighted by molar-refractivity contribution is -0.193. The molecule has 2 aliphatic rings. The first-order valence-electron chi connectivity index (χ1n) is 13.2. The standard InChI is InChI=1S/C20H28N4O2.3C2HF3O2/c1-16-8-19(22-26-16)11-24-14-20(15-24)9-17(5-7-23(20)2)12-25-13-18-4-3-6-21-10-18;3*3-2(4,5)1(6)7/h3-4,6,8,10,17H,5,7,9,11-15H2,1-2H3;3*(H,6,7). The summed E-state index contributed by atoms with van der Waals surface area (Å²) in [7, 11) is 2.27. The van der Waals surface area contributed by atoms with Crippen LogP contribution in [0, 0.1) is 12.8 Å². The van der Waals surface area contributed by atoms with Crippen molar-refractivity contribution in [2.24, 2.45) is 5.92 Å². The molecule has 4 heterocycles. The average molecular weight is 699 g/mol. The Kier molecular flexibility index (Phi) is 15.1. The van der Waals surface area contributed by atoms with E-state index >= 15 is 0 Å². The molecular formula is C26H31F9N4O8. The van der Waals surface area contributed by atoms with Gasteiger partial charge in [0, 0.05) is 50.2 Å². The number of ether oxygens (including phenoxy) is 1. The fourth-order valence-corrected chi connectivity index (χ4v) is 4.37. The second kappa shape index (κ2) is 17.3. The highest BCUT2D eigenvalue weighted by atomic mass is 19.4. The summed E-state index contributed by atoms with van der Waals surface area (Å²) in [5.74, 6) is -6.75. The molecule has 0 radical (unpaired) electrons. The number of carbonyl (C=O) groups is 3. The number of hydrogen-bond acceptors (Lipinski definition) is 9. The Bertz CT molecular complexity index is 1220. The Hall–Kier alpha value is -3.98. The summed E-state index contributed by atoms with van der Waals surface area (Å²) in [6.45, 7) is 7.69. The van der Waals surface area contributed by atoms with Crippen LogP contribution in [0.15, 0.2) is 35.1 Å². The van der Waals surface area contributed by atoms with Crippen LogP contribution in [0.1, 0.15) is 29.9 Å². The van der Waals surface area contributed by atoms with E-state index in [2.05, 4.69) is 33.1 Å². The van der Waals surface area contributed by atoms with Crippen LogP contribution in [0.3, 0.4) is 0 Å². The Morgan fingerprint density at radius 3 is 1.89 bits per heavy atom. The van der Waals surface area contributed by atoms with Crippen molar-refractivity contribution < 1.29 is 78.5 Å². The number of hydrogen-bond donors (Lipinski definition) is 3. The molecule has 1 spiro atoms. The Balaban J connectivity index is 0.000000430. The zero-order valence-electron chi connectivity index (χ0n) is 24.7. The number of likely N-dealkylation sites (tertiary alicyclic amines) is 2. The summed E-state index contributed by atoms with van der Waals surface area (Å²) in [6, 6.07) is 6.06. The number of aromatic nitrogens is 2. The molecule has 2 fully saturated rings. The highest BCUT2D eigenvalue weighted by Gasteiger charge is 2.49. The SMILES string of the molecule is Cc1cc(CN2CC3(CC(COCc4cccnc4)CCN3C)C2)no1.O=C(O)C(F)(F)F.O=C(O)C(F)(F)F.O=C(O)C(F)(F)F. The number of piperidine rings is 1. The molecule has 2 aromatic rings. The third-order valence-corrected chi connectivity index (χ3v) is 6.52. The van der Waals surface area contributed by atoms with Gasteiger partial charge in [0.05, 0.1) is 12.3 Å². The number of carboxylic acids is 3. The van der Waals surface area contributed by atoms with Crippen LogP contribution in [0.4, 0.5) is 39.5 Å². The third kappa shape index (κ3) is 15.0. The average Bonchev–Trinajstić information content (AvgIpc) is 3.34. The minimum Gasteiger partial charge on any atom is -0.475 e. The van der Waals surface area contributed by atoms with E-state index in [1.165, 1.54) is 12.8 Å². The van der Waals surface area contributed by atoms with Crippen LogP contribution in [-0.4, -0.2) is 111 Å². The summed E-state index contributed by atoms with van der Waals surface area (Å²) in [4.78, 5) is 35.8. The van der Waals surface area contributed by atoms with Gasteiger partial charge in [-0.05, 0) is 50.9 Å². The van der Waals surface area contributed by atoms with E-state index in [1.807, 2.05) is 25.3 Å². The molecule has 4 rings (SSSR count). The van der Waals surface area contributed by atoms with Gasteiger partial charge in [0.2, 0.25) is 0 Å². The van der Waals surface area contributed by atoms with Gasteiger partial charge in [0.15, 0.2) is 0 Å². The molecule has 0 bridgehead atoms. The molecule has 12 nitrogen and oxygen atoms in total. The minimum absolute atomic E-state index is 0.305. The Morgan fingerprint density at radius 2 is 1.49 bits per heavy atom. The summed E-state index contributed by atoms with van der Waals surface area (Å²) < 4.78 is 106. The van der Waals surface area contributed by atoms with Gasteiger partial charge in [-0.1, -0.05) is 11.2 Å². The first kappa shape index (κ1) is 41.0. The summed E-state index contributed by atoms with van der Waals surface area (Å²) >= 11 is 0. The molecule has 3 N–H and O–H groups in total. The number of pyridine rings is 1. The fourth-order valence-electron chi connectivity index (χ4n) is 4.37. The normalized spacial score (nSPS) is 17.9. The first-order valence-corrected chi connectivity index (χ1v) is 13.2. The number of nitrogens with zero attached hydrogens (tertiary/aromatic N) is 4. The summed E-state index contributed by atoms with van der Waals surface area (Å²) in [6.07, 6.45) is -9.14. The van der Waals surface area contributed by atoms with E-state index in [0.29, 0.717) is 18.1 Å². The van der Waals surface area contributed by atoms with Crippen LogP contribution in [0.2, 0.25) is 0 Å². The molecule has 0 saturated carbocycles. The molecule has 1 unspecified atom stereocenters. The van der Waals surface area contributed by atoms with Crippen molar-refractivity contribution in [3.05, 3.63) is 47.6 Å². The lowest BCUT2D eigenvalue weighted by Crippen LogP contribution is -2.71. The van der Waals surface area contributed by atoms with Crippen LogP contribution in [0.25, 0.3) is 0 Å². The third-order valence-electron chi connectivity index (χ3n) is 6.52. The molecule has 266 valence electrons. The van der Waals surface area contributed by atoms with Crippen molar-refractivity contribution in [2.75, 3.05) is 33.3 Å². The summed E-state index contributed by atoms with van der Waals surface area (Å²) in [5.41, 5.74) is 2.49. The quantitative estimate of drug-likeness (QED) is 0.365.